The van der Waals surface area contributed by atoms with Crippen LogP contribution in [0.2, 0.25) is 0 Å². The van der Waals surface area contributed by atoms with Crippen molar-refractivity contribution in [3.05, 3.63) is 18.2 Å². The third-order valence-electron chi connectivity index (χ3n) is 1.66. The maximum atomic E-state index is 10.8. The molecule has 0 aliphatic rings. The van der Waals surface area contributed by atoms with Gasteiger partial charge in [0.05, 0.1) is 7.11 Å². The molecular weight excluding hydrogens is 212 g/mol. The second-order valence-electron chi connectivity index (χ2n) is 3.00. The van der Waals surface area contributed by atoms with Gasteiger partial charge in [0.15, 0.2) is 11.5 Å². The van der Waals surface area contributed by atoms with Gasteiger partial charge in [0.2, 0.25) is 0 Å². The van der Waals surface area contributed by atoms with Crippen LogP contribution >= 0.6 is 0 Å². The highest BCUT2D eigenvalue weighted by Crippen LogP contribution is 2.31. The summed E-state index contributed by atoms with van der Waals surface area (Å²) in [5.41, 5.74) is 0. The van der Waals surface area contributed by atoms with Crippen molar-refractivity contribution >= 4 is 11.9 Å². The van der Waals surface area contributed by atoms with Crippen LogP contribution in [0, 0.1) is 0 Å². The van der Waals surface area contributed by atoms with Crippen LogP contribution in [0.15, 0.2) is 18.2 Å². The van der Waals surface area contributed by atoms with E-state index in [2.05, 4.69) is 0 Å². The van der Waals surface area contributed by atoms with Crippen molar-refractivity contribution in [2.75, 3.05) is 7.11 Å². The van der Waals surface area contributed by atoms with Crippen molar-refractivity contribution in [1.29, 1.82) is 0 Å². The van der Waals surface area contributed by atoms with Gasteiger partial charge in [-0.05, 0) is 12.1 Å². The quantitative estimate of drug-likeness (QED) is 0.575. The van der Waals surface area contributed by atoms with Crippen LogP contribution in [-0.2, 0) is 9.59 Å². The van der Waals surface area contributed by atoms with Gasteiger partial charge in [-0.15, -0.1) is 0 Å². The lowest BCUT2D eigenvalue weighted by molar-refractivity contribution is -0.134. The highest BCUT2D eigenvalue weighted by Gasteiger charge is 2.11. The molecule has 1 aromatic rings. The fourth-order valence-corrected chi connectivity index (χ4v) is 1.09. The van der Waals surface area contributed by atoms with Crippen molar-refractivity contribution in [3.8, 4) is 17.2 Å². The Bertz CT molecular complexity index is 411. The fraction of sp³-hybridized carbons (Fsp3) is 0.273. The zero-order chi connectivity index (χ0) is 12.1. The summed E-state index contributed by atoms with van der Waals surface area (Å²) in [7, 11) is 1.48. The molecule has 5 heteroatoms. The second-order valence-corrected chi connectivity index (χ2v) is 3.00. The standard InChI is InChI=1S/C11H12O5/c1-7(12)15-10-5-4-9(14-3)6-11(10)16-8(2)13/h4-6H,1-3H3. The minimum atomic E-state index is -0.498. The minimum absolute atomic E-state index is 0.155. The summed E-state index contributed by atoms with van der Waals surface area (Å²) < 4.78 is 14.7. The number of hydrogen-bond acceptors (Lipinski definition) is 5. The molecular formula is C11H12O5. The molecule has 0 saturated heterocycles. The van der Waals surface area contributed by atoms with E-state index in [0.29, 0.717) is 5.75 Å². The zero-order valence-corrected chi connectivity index (χ0v) is 9.27. The third-order valence-corrected chi connectivity index (χ3v) is 1.66. The molecule has 0 heterocycles. The maximum Gasteiger partial charge on any atom is 0.308 e. The first-order valence-corrected chi connectivity index (χ1v) is 4.58. The van der Waals surface area contributed by atoms with Gasteiger partial charge in [0.1, 0.15) is 5.75 Å². The predicted molar refractivity (Wildman–Crippen MR) is 55.6 cm³/mol. The van der Waals surface area contributed by atoms with E-state index in [1.807, 2.05) is 0 Å². The Morgan fingerprint density at radius 3 is 2.06 bits per heavy atom. The molecule has 16 heavy (non-hydrogen) atoms. The van der Waals surface area contributed by atoms with Gasteiger partial charge >= 0.3 is 11.9 Å². The van der Waals surface area contributed by atoms with Crippen LogP contribution in [0.4, 0.5) is 0 Å². The van der Waals surface area contributed by atoms with E-state index in [1.165, 1.54) is 33.1 Å². The molecule has 86 valence electrons. The van der Waals surface area contributed by atoms with Gasteiger partial charge in [-0.3, -0.25) is 9.59 Å². The van der Waals surface area contributed by atoms with Gasteiger partial charge in [-0.1, -0.05) is 0 Å². The molecule has 0 spiro atoms. The van der Waals surface area contributed by atoms with E-state index in [4.69, 9.17) is 14.2 Å². The van der Waals surface area contributed by atoms with Crippen LogP contribution in [0.5, 0.6) is 17.2 Å². The monoisotopic (exact) mass is 224 g/mol. The molecule has 0 amide bonds. The van der Waals surface area contributed by atoms with Crippen molar-refractivity contribution in [2.24, 2.45) is 0 Å². The van der Waals surface area contributed by atoms with Crippen LogP contribution in [0.25, 0.3) is 0 Å². The summed E-state index contributed by atoms with van der Waals surface area (Å²) in [6, 6.07) is 4.57. The summed E-state index contributed by atoms with van der Waals surface area (Å²) in [5, 5.41) is 0. The number of rotatable bonds is 3. The van der Waals surface area contributed by atoms with Gasteiger partial charge in [-0.2, -0.15) is 0 Å². The lowest BCUT2D eigenvalue weighted by Gasteiger charge is -2.09. The molecule has 0 N–H and O–H groups in total. The summed E-state index contributed by atoms with van der Waals surface area (Å²) in [6.07, 6.45) is 0. The molecule has 0 bridgehead atoms. The molecule has 0 aliphatic carbocycles. The Morgan fingerprint density at radius 2 is 1.56 bits per heavy atom. The van der Waals surface area contributed by atoms with Gasteiger partial charge < -0.3 is 14.2 Å². The summed E-state index contributed by atoms with van der Waals surface area (Å²) in [6.45, 7) is 2.53. The molecule has 0 atom stereocenters. The number of carbonyl (C=O) groups is 2. The Hall–Kier alpha value is -2.04. The minimum Gasteiger partial charge on any atom is -0.497 e. The Kier molecular flexibility index (Phi) is 3.88. The third kappa shape index (κ3) is 3.27. The second kappa shape index (κ2) is 5.16. The Balaban J connectivity index is 3.05. The Labute approximate surface area is 92.9 Å². The SMILES string of the molecule is COc1ccc(OC(C)=O)c(OC(C)=O)c1. The maximum absolute atomic E-state index is 10.8. The lowest BCUT2D eigenvalue weighted by atomic mass is 10.3. The smallest absolute Gasteiger partial charge is 0.308 e. The molecule has 0 fully saturated rings. The number of benzene rings is 1. The van der Waals surface area contributed by atoms with Gasteiger partial charge in [0, 0.05) is 19.9 Å². The summed E-state index contributed by atoms with van der Waals surface area (Å²) in [5.74, 6) is -0.141. The van der Waals surface area contributed by atoms with Crippen molar-refractivity contribution in [2.45, 2.75) is 13.8 Å². The van der Waals surface area contributed by atoms with Crippen molar-refractivity contribution in [1.82, 2.24) is 0 Å². The average Bonchev–Trinajstić information content (AvgIpc) is 2.19. The van der Waals surface area contributed by atoms with E-state index in [-0.39, 0.29) is 11.5 Å². The zero-order valence-electron chi connectivity index (χ0n) is 9.27. The normalized spacial score (nSPS) is 9.44. The highest BCUT2D eigenvalue weighted by atomic mass is 16.6. The molecule has 0 saturated carbocycles. The van der Waals surface area contributed by atoms with Crippen LogP contribution in [0.3, 0.4) is 0 Å². The molecule has 1 aromatic carbocycles. The number of hydrogen-bond donors (Lipinski definition) is 0. The number of ether oxygens (including phenoxy) is 3. The molecule has 0 radical (unpaired) electrons. The van der Waals surface area contributed by atoms with Crippen molar-refractivity contribution < 1.29 is 23.8 Å². The van der Waals surface area contributed by atoms with E-state index in [1.54, 1.807) is 6.07 Å². The highest BCUT2D eigenvalue weighted by molar-refractivity contribution is 5.73. The molecule has 0 unspecified atom stereocenters. The van der Waals surface area contributed by atoms with Gasteiger partial charge in [0.25, 0.3) is 0 Å². The van der Waals surface area contributed by atoms with Crippen LogP contribution < -0.4 is 14.2 Å². The average molecular weight is 224 g/mol. The molecule has 1 rings (SSSR count). The van der Waals surface area contributed by atoms with E-state index < -0.39 is 11.9 Å². The van der Waals surface area contributed by atoms with E-state index in [0.717, 1.165) is 0 Å². The summed E-state index contributed by atoms with van der Waals surface area (Å²) in [4.78, 5) is 21.7. The first-order valence-electron chi connectivity index (χ1n) is 4.58. The van der Waals surface area contributed by atoms with Crippen molar-refractivity contribution in [3.63, 3.8) is 0 Å². The topological polar surface area (TPSA) is 61.8 Å². The van der Waals surface area contributed by atoms with Gasteiger partial charge in [-0.25, -0.2) is 0 Å². The fourth-order valence-electron chi connectivity index (χ4n) is 1.09. The first kappa shape index (κ1) is 12.0. The first-order chi connectivity index (χ1) is 7.52. The van der Waals surface area contributed by atoms with Crippen LogP contribution in [0.1, 0.15) is 13.8 Å². The summed E-state index contributed by atoms with van der Waals surface area (Å²) >= 11 is 0. The molecule has 0 aromatic heterocycles. The number of carbonyl (C=O) groups excluding carboxylic acids is 2. The largest absolute Gasteiger partial charge is 0.497 e. The van der Waals surface area contributed by atoms with Crippen LogP contribution in [-0.4, -0.2) is 19.0 Å². The lowest BCUT2D eigenvalue weighted by Crippen LogP contribution is -2.07. The molecule has 5 nitrogen and oxygen atoms in total. The number of esters is 2. The van der Waals surface area contributed by atoms with E-state index in [9.17, 15) is 9.59 Å². The number of methoxy groups -OCH3 is 1. The Morgan fingerprint density at radius 1 is 1.00 bits per heavy atom. The van der Waals surface area contributed by atoms with E-state index >= 15 is 0 Å². The molecule has 0 aliphatic heterocycles. The predicted octanol–water partition coefficient (Wildman–Crippen LogP) is 1.55.